The molecule has 0 amide bonds. The number of piperidine rings is 1. The number of hydrogen-bond acceptors (Lipinski definition) is 2. The second kappa shape index (κ2) is 6.13. The molecule has 1 N–H and O–H groups in total. The van der Waals surface area contributed by atoms with Gasteiger partial charge in [-0.2, -0.15) is 0 Å². The van der Waals surface area contributed by atoms with Crippen LogP contribution >= 0.6 is 0 Å². The quantitative estimate of drug-likeness (QED) is 0.819. The summed E-state index contributed by atoms with van der Waals surface area (Å²) in [5.41, 5.74) is 0.395. The lowest BCUT2D eigenvalue weighted by Crippen LogP contribution is -2.53. The maximum Gasteiger partial charge on any atom is 0.0198 e. The molecule has 3 unspecified atom stereocenters. The third-order valence-corrected chi connectivity index (χ3v) is 4.94. The summed E-state index contributed by atoms with van der Waals surface area (Å²) in [5.74, 6) is 1.89. The minimum Gasteiger partial charge on any atom is -0.312 e. The molecule has 1 aliphatic carbocycles. The van der Waals surface area contributed by atoms with E-state index in [1.54, 1.807) is 0 Å². The molecule has 19 heavy (non-hydrogen) atoms. The Morgan fingerprint density at radius 3 is 2.42 bits per heavy atom. The first-order valence-electron chi connectivity index (χ1n) is 8.36. The molecule has 2 fully saturated rings. The molecule has 2 heteroatoms. The zero-order chi connectivity index (χ0) is 14.0. The lowest BCUT2D eigenvalue weighted by atomic mass is 9.89. The van der Waals surface area contributed by atoms with Crippen molar-refractivity contribution in [2.24, 2.45) is 17.3 Å². The summed E-state index contributed by atoms with van der Waals surface area (Å²) < 4.78 is 0. The van der Waals surface area contributed by atoms with Crippen LogP contribution in [0.2, 0.25) is 0 Å². The molecule has 2 nitrogen and oxygen atoms in total. The molecule has 3 atom stereocenters. The van der Waals surface area contributed by atoms with Crippen molar-refractivity contribution in [3.8, 4) is 0 Å². The molecule has 1 aliphatic heterocycles. The maximum absolute atomic E-state index is 3.83. The van der Waals surface area contributed by atoms with Gasteiger partial charge in [0.05, 0.1) is 0 Å². The van der Waals surface area contributed by atoms with Crippen molar-refractivity contribution in [3.63, 3.8) is 0 Å². The highest BCUT2D eigenvalue weighted by Gasteiger charge is 2.36. The molecule has 1 heterocycles. The van der Waals surface area contributed by atoms with Crippen LogP contribution in [-0.2, 0) is 0 Å². The van der Waals surface area contributed by atoms with Crippen LogP contribution in [0.3, 0.4) is 0 Å². The lowest BCUT2D eigenvalue weighted by Gasteiger charge is -2.42. The molecular formula is C17H34N2. The third-order valence-electron chi connectivity index (χ3n) is 4.94. The summed E-state index contributed by atoms with van der Waals surface area (Å²) in [6, 6.07) is 1.52. The summed E-state index contributed by atoms with van der Waals surface area (Å²) in [4.78, 5) is 2.77. The SMILES string of the molecule is CCC1CC(NCC(C)(C)C)CN(C(C)C2CC2)C1. The van der Waals surface area contributed by atoms with Gasteiger partial charge in [0.15, 0.2) is 0 Å². The third kappa shape index (κ3) is 4.75. The van der Waals surface area contributed by atoms with Crippen molar-refractivity contribution in [2.45, 2.75) is 72.4 Å². The number of nitrogens with zero attached hydrogens (tertiary/aromatic N) is 1. The van der Waals surface area contributed by atoms with E-state index >= 15 is 0 Å². The number of nitrogens with one attached hydrogen (secondary N) is 1. The second-order valence-corrected chi connectivity index (χ2v) is 8.18. The molecule has 0 aromatic carbocycles. The Kier molecular flexibility index (Phi) is 4.94. The van der Waals surface area contributed by atoms with E-state index < -0.39 is 0 Å². The first-order valence-corrected chi connectivity index (χ1v) is 8.36. The van der Waals surface area contributed by atoms with E-state index in [-0.39, 0.29) is 0 Å². The Morgan fingerprint density at radius 2 is 1.89 bits per heavy atom. The van der Waals surface area contributed by atoms with Crippen LogP contribution in [0.5, 0.6) is 0 Å². The number of likely N-dealkylation sites (tertiary alicyclic amines) is 1. The Morgan fingerprint density at radius 1 is 1.21 bits per heavy atom. The van der Waals surface area contributed by atoms with Crippen LogP contribution in [0.1, 0.15) is 60.3 Å². The van der Waals surface area contributed by atoms with Gasteiger partial charge in [0, 0.05) is 31.7 Å². The lowest BCUT2D eigenvalue weighted by molar-refractivity contribution is 0.0894. The summed E-state index contributed by atoms with van der Waals surface area (Å²) in [7, 11) is 0. The van der Waals surface area contributed by atoms with E-state index in [2.05, 4.69) is 44.8 Å². The summed E-state index contributed by atoms with van der Waals surface area (Å²) in [5, 5.41) is 3.83. The normalized spacial score (nSPS) is 31.4. The highest BCUT2D eigenvalue weighted by Crippen LogP contribution is 2.36. The van der Waals surface area contributed by atoms with Crippen LogP contribution in [0, 0.1) is 17.3 Å². The molecule has 2 aliphatic rings. The predicted molar refractivity (Wildman–Crippen MR) is 83.4 cm³/mol. The van der Waals surface area contributed by atoms with Crippen LogP contribution < -0.4 is 5.32 Å². The average molecular weight is 266 g/mol. The van der Waals surface area contributed by atoms with Crippen molar-refractivity contribution in [1.82, 2.24) is 10.2 Å². The number of hydrogen-bond donors (Lipinski definition) is 1. The smallest absolute Gasteiger partial charge is 0.0198 e. The molecule has 1 saturated carbocycles. The number of rotatable bonds is 5. The molecule has 0 aromatic rings. The highest BCUT2D eigenvalue weighted by atomic mass is 15.2. The van der Waals surface area contributed by atoms with Gasteiger partial charge in [0.2, 0.25) is 0 Å². The van der Waals surface area contributed by atoms with Crippen molar-refractivity contribution in [2.75, 3.05) is 19.6 Å². The van der Waals surface area contributed by atoms with Gasteiger partial charge in [-0.05, 0) is 43.4 Å². The van der Waals surface area contributed by atoms with Gasteiger partial charge in [-0.3, -0.25) is 4.90 Å². The van der Waals surface area contributed by atoms with Gasteiger partial charge in [0.25, 0.3) is 0 Å². The predicted octanol–water partition coefficient (Wildman–Crippen LogP) is 3.52. The fourth-order valence-corrected chi connectivity index (χ4v) is 3.34. The van der Waals surface area contributed by atoms with Gasteiger partial charge in [-0.25, -0.2) is 0 Å². The summed E-state index contributed by atoms with van der Waals surface area (Å²) in [6.07, 6.45) is 5.64. The van der Waals surface area contributed by atoms with Crippen molar-refractivity contribution < 1.29 is 0 Å². The van der Waals surface area contributed by atoms with Crippen molar-refractivity contribution in [1.29, 1.82) is 0 Å². The molecule has 2 rings (SSSR count). The van der Waals surface area contributed by atoms with E-state index in [1.165, 1.54) is 38.8 Å². The van der Waals surface area contributed by atoms with Gasteiger partial charge in [-0.15, -0.1) is 0 Å². The average Bonchev–Trinajstić information content (AvgIpc) is 3.18. The highest BCUT2D eigenvalue weighted by molar-refractivity contribution is 4.91. The monoisotopic (exact) mass is 266 g/mol. The molecule has 112 valence electrons. The standard InChI is InChI=1S/C17H34N2/c1-6-14-9-16(18-12-17(3,4)5)11-19(10-14)13(2)15-7-8-15/h13-16,18H,6-12H2,1-5H3. The maximum atomic E-state index is 3.83. The molecular weight excluding hydrogens is 232 g/mol. The van der Waals surface area contributed by atoms with E-state index in [0.717, 1.165) is 24.4 Å². The van der Waals surface area contributed by atoms with Gasteiger partial charge in [-0.1, -0.05) is 34.1 Å². The Bertz CT molecular complexity index is 277. The van der Waals surface area contributed by atoms with Crippen LogP contribution in [0.4, 0.5) is 0 Å². The van der Waals surface area contributed by atoms with Gasteiger partial charge >= 0.3 is 0 Å². The van der Waals surface area contributed by atoms with Crippen LogP contribution in [0.25, 0.3) is 0 Å². The van der Waals surface area contributed by atoms with Gasteiger partial charge < -0.3 is 5.32 Å². The fraction of sp³-hybridized carbons (Fsp3) is 1.00. The van der Waals surface area contributed by atoms with E-state index in [0.29, 0.717) is 11.5 Å². The van der Waals surface area contributed by atoms with Crippen LogP contribution in [0.15, 0.2) is 0 Å². The molecule has 0 bridgehead atoms. The van der Waals surface area contributed by atoms with E-state index in [1.807, 2.05) is 0 Å². The van der Waals surface area contributed by atoms with E-state index in [9.17, 15) is 0 Å². The first kappa shape index (κ1) is 15.3. The second-order valence-electron chi connectivity index (χ2n) is 8.18. The molecule has 0 aromatic heterocycles. The van der Waals surface area contributed by atoms with Gasteiger partial charge in [0.1, 0.15) is 0 Å². The van der Waals surface area contributed by atoms with Crippen molar-refractivity contribution >= 4 is 0 Å². The first-order chi connectivity index (χ1) is 8.89. The Hall–Kier alpha value is -0.0800. The summed E-state index contributed by atoms with van der Waals surface area (Å²) in [6.45, 7) is 15.5. The zero-order valence-electron chi connectivity index (χ0n) is 13.7. The Balaban J connectivity index is 1.88. The molecule has 0 spiro atoms. The fourth-order valence-electron chi connectivity index (χ4n) is 3.34. The molecule has 1 saturated heterocycles. The largest absolute Gasteiger partial charge is 0.312 e. The Labute approximate surface area is 120 Å². The van der Waals surface area contributed by atoms with Crippen molar-refractivity contribution in [3.05, 3.63) is 0 Å². The topological polar surface area (TPSA) is 15.3 Å². The summed E-state index contributed by atoms with van der Waals surface area (Å²) >= 11 is 0. The molecule has 0 radical (unpaired) electrons. The zero-order valence-corrected chi connectivity index (χ0v) is 13.7. The van der Waals surface area contributed by atoms with Crippen LogP contribution in [-0.4, -0.2) is 36.6 Å². The minimum atomic E-state index is 0.395. The minimum absolute atomic E-state index is 0.395. The van der Waals surface area contributed by atoms with E-state index in [4.69, 9.17) is 0 Å².